The summed E-state index contributed by atoms with van der Waals surface area (Å²) >= 11 is 12.3. The number of ether oxygens (including phenoxy) is 1. The number of hydrogen-bond donors (Lipinski definition) is 2. The van der Waals surface area contributed by atoms with E-state index in [1.807, 2.05) is 18.2 Å². The second-order valence-electron chi connectivity index (χ2n) is 9.97. The molecule has 2 aliphatic rings. The van der Waals surface area contributed by atoms with Crippen LogP contribution in [0.4, 0.5) is 18.9 Å². The molecule has 0 aromatic heterocycles. The van der Waals surface area contributed by atoms with Gasteiger partial charge in [0.2, 0.25) is 0 Å². The highest BCUT2D eigenvalue weighted by atomic mass is 35.5. The van der Waals surface area contributed by atoms with Gasteiger partial charge in [-0.05, 0) is 56.0 Å². The predicted molar refractivity (Wildman–Crippen MR) is 152 cm³/mol. The van der Waals surface area contributed by atoms with Gasteiger partial charge in [0, 0.05) is 50.2 Å². The number of benzene rings is 2. The maximum atomic E-state index is 12.6. The van der Waals surface area contributed by atoms with Crippen molar-refractivity contribution in [3.05, 3.63) is 82.0 Å². The van der Waals surface area contributed by atoms with Crippen molar-refractivity contribution >= 4 is 34.8 Å². The summed E-state index contributed by atoms with van der Waals surface area (Å²) in [6.07, 6.45) is -0.573. The average Bonchev–Trinajstić information content (AvgIpc) is 2.92. The van der Waals surface area contributed by atoms with Crippen LogP contribution in [-0.4, -0.2) is 55.4 Å². The molecule has 6 nitrogen and oxygen atoms in total. The predicted octanol–water partition coefficient (Wildman–Crippen LogP) is 6.13. The van der Waals surface area contributed by atoms with Crippen molar-refractivity contribution in [1.29, 1.82) is 0 Å². The minimum Gasteiger partial charge on any atom is -0.406 e. The van der Waals surface area contributed by atoms with Crippen LogP contribution in [0.2, 0.25) is 0 Å². The summed E-state index contributed by atoms with van der Waals surface area (Å²) in [5, 5.41) is 6.53. The Hall–Kier alpha value is -2.88. The third-order valence-corrected chi connectivity index (χ3v) is 7.85. The van der Waals surface area contributed by atoms with Gasteiger partial charge in [0.25, 0.3) is 5.91 Å². The lowest BCUT2D eigenvalue weighted by atomic mass is 9.99. The number of nitrogens with one attached hydrogen (secondary N) is 2. The first-order chi connectivity index (χ1) is 19.1. The van der Waals surface area contributed by atoms with Gasteiger partial charge in [-0.25, -0.2) is 0 Å². The van der Waals surface area contributed by atoms with E-state index >= 15 is 0 Å². The lowest BCUT2D eigenvalue weighted by molar-refractivity contribution is -0.274. The third kappa shape index (κ3) is 8.32. The van der Waals surface area contributed by atoms with Crippen molar-refractivity contribution in [3.63, 3.8) is 0 Å². The van der Waals surface area contributed by atoms with Gasteiger partial charge in [-0.1, -0.05) is 53.5 Å². The Morgan fingerprint density at radius 3 is 2.42 bits per heavy atom. The van der Waals surface area contributed by atoms with E-state index in [1.54, 1.807) is 18.3 Å². The average molecular weight is 598 g/mol. The van der Waals surface area contributed by atoms with Gasteiger partial charge < -0.3 is 25.2 Å². The summed E-state index contributed by atoms with van der Waals surface area (Å²) in [4.78, 5) is 17.3. The number of rotatable bonds is 10. The number of carbonyl (C=O) groups is 1. The van der Waals surface area contributed by atoms with Crippen molar-refractivity contribution in [2.45, 2.75) is 51.2 Å². The number of hydrogen-bond acceptors (Lipinski definition) is 5. The minimum absolute atomic E-state index is 0.223. The lowest BCUT2D eigenvalue weighted by Gasteiger charge is -2.42. The Balaban J connectivity index is 1.33. The van der Waals surface area contributed by atoms with Gasteiger partial charge >= 0.3 is 6.36 Å². The summed E-state index contributed by atoms with van der Waals surface area (Å²) in [6, 6.07) is 16.6. The molecular weight excluding hydrogens is 564 g/mol. The highest BCUT2D eigenvalue weighted by Crippen LogP contribution is 2.30. The first-order valence-corrected chi connectivity index (χ1v) is 14.0. The molecule has 0 aliphatic carbocycles. The Morgan fingerprint density at radius 1 is 1.12 bits per heavy atom. The molecular formula is C29H33Cl2F3N4O2. The Kier molecular flexibility index (Phi) is 10.3. The topological polar surface area (TPSA) is 56.8 Å². The summed E-state index contributed by atoms with van der Waals surface area (Å²) in [6.45, 7) is 5.42. The molecule has 4 rings (SSSR count). The largest absolute Gasteiger partial charge is 0.573 e. The number of anilines is 1. The van der Waals surface area contributed by atoms with Crippen LogP contribution in [0.25, 0.3) is 0 Å². The van der Waals surface area contributed by atoms with Gasteiger partial charge in [0.05, 0.1) is 22.2 Å². The summed E-state index contributed by atoms with van der Waals surface area (Å²) in [7, 11) is 0. The van der Waals surface area contributed by atoms with Crippen molar-refractivity contribution in [3.8, 4) is 5.75 Å². The summed E-state index contributed by atoms with van der Waals surface area (Å²) in [5.74, 6) is -0.509. The standard InChI is InChI=1S/C29H33Cl2F3N4O2/c1-20(11-14-36-28(39)27-25(30)17-35-18-26(27)31)37-15-12-23(13-16-37)38(19-21-5-3-2-4-6-21)22-7-9-24(10-8-22)40-29(32,33)34/h2-10,17,20,23,35H,11-16,18-19H2,1H3,(H,36,39). The van der Waals surface area contributed by atoms with Crippen molar-refractivity contribution in [2.24, 2.45) is 0 Å². The number of halogens is 5. The fourth-order valence-electron chi connectivity index (χ4n) is 5.11. The van der Waals surface area contributed by atoms with Crippen LogP contribution in [0.15, 0.2) is 76.4 Å². The molecule has 11 heteroatoms. The molecule has 2 aromatic carbocycles. The molecule has 0 saturated carbocycles. The molecule has 0 spiro atoms. The van der Waals surface area contributed by atoms with Gasteiger partial charge in [-0.15, -0.1) is 13.2 Å². The second-order valence-corrected chi connectivity index (χ2v) is 10.8. The van der Waals surface area contributed by atoms with Gasteiger partial charge in [0.1, 0.15) is 5.75 Å². The fraction of sp³-hybridized carbons (Fsp3) is 0.414. The van der Waals surface area contributed by atoms with Crippen LogP contribution >= 0.6 is 23.2 Å². The molecule has 1 saturated heterocycles. The van der Waals surface area contributed by atoms with E-state index in [0.29, 0.717) is 35.3 Å². The van der Waals surface area contributed by atoms with Crippen LogP contribution in [-0.2, 0) is 11.3 Å². The zero-order valence-corrected chi connectivity index (χ0v) is 23.7. The Bertz CT molecular complexity index is 1200. The van der Waals surface area contributed by atoms with Crippen molar-refractivity contribution < 1.29 is 22.7 Å². The monoisotopic (exact) mass is 596 g/mol. The van der Waals surface area contributed by atoms with Crippen LogP contribution in [0, 0.1) is 0 Å². The maximum Gasteiger partial charge on any atom is 0.573 e. The number of piperidine rings is 1. The summed E-state index contributed by atoms with van der Waals surface area (Å²) in [5.41, 5.74) is 2.29. The zero-order valence-electron chi connectivity index (χ0n) is 22.2. The van der Waals surface area contributed by atoms with E-state index in [2.05, 4.69) is 44.2 Å². The maximum absolute atomic E-state index is 12.6. The number of carbonyl (C=O) groups excluding carboxylic acids is 1. The van der Waals surface area contributed by atoms with E-state index in [0.717, 1.165) is 43.6 Å². The first kappa shape index (κ1) is 30.1. The molecule has 1 fully saturated rings. The van der Waals surface area contributed by atoms with E-state index in [4.69, 9.17) is 23.2 Å². The van der Waals surface area contributed by atoms with E-state index < -0.39 is 6.36 Å². The number of nitrogens with zero attached hydrogens (tertiary/aromatic N) is 2. The highest BCUT2D eigenvalue weighted by Gasteiger charge is 2.31. The molecule has 40 heavy (non-hydrogen) atoms. The molecule has 1 unspecified atom stereocenters. The molecule has 2 aliphatic heterocycles. The molecule has 1 atom stereocenters. The first-order valence-electron chi connectivity index (χ1n) is 13.3. The number of likely N-dealkylation sites (tertiary alicyclic amines) is 1. The lowest BCUT2D eigenvalue weighted by Crippen LogP contribution is -2.48. The zero-order chi connectivity index (χ0) is 28.7. The van der Waals surface area contributed by atoms with E-state index in [-0.39, 0.29) is 23.7 Å². The summed E-state index contributed by atoms with van der Waals surface area (Å²) < 4.78 is 42.0. The minimum atomic E-state index is -4.72. The molecule has 216 valence electrons. The van der Waals surface area contributed by atoms with Gasteiger partial charge in [0.15, 0.2) is 0 Å². The Morgan fingerprint density at radius 2 is 1.80 bits per heavy atom. The molecule has 0 bridgehead atoms. The SMILES string of the molecule is CC(CCNC(=O)C1=C(Cl)CNC=C1Cl)N1CCC(N(Cc2ccccc2)c2ccc(OC(F)(F)F)cc2)CC1. The number of alkyl halides is 3. The molecule has 2 N–H and O–H groups in total. The highest BCUT2D eigenvalue weighted by molar-refractivity contribution is 6.40. The molecule has 2 aromatic rings. The van der Waals surface area contributed by atoms with Crippen LogP contribution in [0.3, 0.4) is 0 Å². The van der Waals surface area contributed by atoms with E-state index in [1.165, 1.54) is 12.1 Å². The van der Waals surface area contributed by atoms with Crippen LogP contribution in [0.1, 0.15) is 31.7 Å². The van der Waals surface area contributed by atoms with Gasteiger partial charge in [-0.3, -0.25) is 4.79 Å². The number of dihydropyridines is 1. The normalized spacial score (nSPS) is 17.6. The molecule has 0 radical (unpaired) electrons. The Labute approximate surface area is 242 Å². The van der Waals surface area contributed by atoms with Crippen molar-refractivity contribution in [2.75, 3.05) is 31.1 Å². The fourth-order valence-corrected chi connectivity index (χ4v) is 5.70. The van der Waals surface area contributed by atoms with Crippen LogP contribution in [0.5, 0.6) is 5.75 Å². The van der Waals surface area contributed by atoms with Crippen LogP contribution < -0.4 is 20.3 Å². The molecule has 2 heterocycles. The van der Waals surface area contributed by atoms with Gasteiger partial charge in [-0.2, -0.15) is 0 Å². The smallest absolute Gasteiger partial charge is 0.406 e. The molecule has 1 amide bonds. The second kappa shape index (κ2) is 13.7. The number of amides is 1. The van der Waals surface area contributed by atoms with Crippen molar-refractivity contribution in [1.82, 2.24) is 15.5 Å². The third-order valence-electron chi connectivity index (χ3n) is 7.23. The quantitative estimate of drug-likeness (QED) is 0.346. The van der Waals surface area contributed by atoms with E-state index in [9.17, 15) is 18.0 Å².